The molecule has 9 heteroatoms. The summed E-state index contributed by atoms with van der Waals surface area (Å²) >= 11 is 6.21. The molecule has 7 nitrogen and oxygen atoms in total. The number of para-hydroxylation sites is 1. The number of anilines is 1. The van der Waals surface area contributed by atoms with Crippen LogP contribution in [-0.4, -0.2) is 42.7 Å². The first kappa shape index (κ1) is 19.5. The Bertz CT molecular complexity index is 962. The number of likely N-dealkylation sites (tertiary alicyclic amines) is 1. The molecular formula is C20H20ClFN4O3. The van der Waals surface area contributed by atoms with Crippen LogP contribution in [0.25, 0.3) is 0 Å². The summed E-state index contributed by atoms with van der Waals surface area (Å²) in [6, 6.07) is 10.9. The van der Waals surface area contributed by atoms with Crippen LogP contribution in [0.3, 0.4) is 0 Å². The van der Waals surface area contributed by atoms with Gasteiger partial charge in [0.2, 0.25) is 0 Å². The van der Waals surface area contributed by atoms with Crippen LogP contribution in [0.5, 0.6) is 5.75 Å². The normalized spacial score (nSPS) is 18.1. The van der Waals surface area contributed by atoms with Crippen molar-refractivity contribution in [2.75, 3.05) is 25.2 Å². The Morgan fingerprint density at radius 1 is 1.21 bits per heavy atom. The van der Waals surface area contributed by atoms with Gasteiger partial charge in [0.15, 0.2) is 11.6 Å². The molecule has 0 radical (unpaired) electrons. The number of carbonyl (C=O) groups excluding carboxylic acids is 2. The Labute approximate surface area is 172 Å². The van der Waals surface area contributed by atoms with Gasteiger partial charge in [0.25, 0.3) is 5.91 Å². The Kier molecular flexibility index (Phi) is 5.06. The summed E-state index contributed by atoms with van der Waals surface area (Å²) in [6.07, 6.45) is 1.01. The Balaban J connectivity index is 1.44. The lowest BCUT2D eigenvalue weighted by Crippen LogP contribution is -2.58. The zero-order valence-corrected chi connectivity index (χ0v) is 16.5. The van der Waals surface area contributed by atoms with Gasteiger partial charge >= 0.3 is 6.03 Å². The zero-order chi connectivity index (χ0) is 20.6. The molecule has 152 valence electrons. The molecule has 1 spiro atoms. The molecule has 2 aliphatic rings. The lowest BCUT2D eigenvalue weighted by Gasteiger charge is -2.38. The largest absolute Gasteiger partial charge is 0.494 e. The Hall–Kier alpha value is -2.84. The lowest BCUT2D eigenvalue weighted by atomic mass is 9.97. The number of nitrogens with one attached hydrogen (secondary N) is 2. The van der Waals surface area contributed by atoms with Crippen LogP contribution in [0.15, 0.2) is 42.5 Å². The number of rotatable bonds is 3. The van der Waals surface area contributed by atoms with Crippen LogP contribution in [0.2, 0.25) is 5.02 Å². The van der Waals surface area contributed by atoms with Crippen LogP contribution < -0.4 is 20.5 Å². The van der Waals surface area contributed by atoms with E-state index in [0.717, 1.165) is 0 Å². The van der Waals surface area contributed by atoms with Crippen molar-refractivity contribution in [2.24, 2.45) is 0 Å². The van der Waals surface area contributed by atoms with E-state index < -0.39 is 11.5 Å². The fourth-order valence-electron chi connectivity index (χ4n) is 3.67. The molecule has 0 aromatic heterocycles. The van der Waals surface area contributed by atoms with Crippen molar-refractivity contribution in [2.45, 2.75) is 18.5 Å². The van der Waals surface area contributed by atoms with Crippen LogP contribution in [0.4, 0.5) is 14.9 Å². The first-order valence-corrected chi connectivity index (χ1v) is 9.58. The fraction of sp³-hybridized carbons (Fsp3) is 0.300. The third-order valence-corrected chi connectivity index (χ3v) is 5.59. The van der Waals surface area contributed by atoms with Crippen molar-refractivity contribution in [3.8, 4) is 5.75 Å². The van der Waals surface area contributed by atoms with E-state index in [1.807, 2.05) is 0 Å². The minimum absolute atomic E-state index is 0.0941. The van der Waals surface area contributed by atoms with E-state index in [1.54, 1.807) is 35.2 Å². The number of piperidine rings is 1. The predicted molar refractivity (Wildman–Crippen MR) is 106 cm³/mol. The lowest BCUT2D eigenvalue weighted by molar-refractivity contribution is 0.0640. The molecule has 2 aromatic rings. The molecule has 0 bridgehead atoms. The molecule has 2 fully saturated rings. The maximum Gasteiger partial charge on any atom is 0.338 e. The number of ether oxygens (including phenoxy) is 1. The smallest absolute Gasteiger partial charge is 0.338 e. The van der Waals surface area contributed by atoms with Crippen molar-refractivity contribution in [3.05, 3.63) is 58.9 Å². The highest BCUT2D eigenvalue weighted by atomic mass is 35.5. The first-order chi connectivity index (χ1) is 13.9. The number of hydrogen-bond donors (Lipinski definition) is 2. The van der Waals surface area contributed by atoms with Crippen molar-refractivity contribution in [3.63, 3.8) is 0 Å². The van der Waals surface area contributed by atoms with Crippen LogP contribution in [0.1, 0.15) is 23.2 Å². The minimum Gasteiger partial charge on any atom is -0.494 e. The number of urea groups is 1. The number of methoxy groups -OCH3 is 1. The second-order valence-corrected chi connectivity index (χ2v) is 7.46. The summed E-state index contributed by atoms with van der Waals surface area (Å²) in [5.74, 6) is -0.739. The molecule has 2 heterocycles. The van der Waals surface area contributed by atoms with Gasteiger partial charge in [-0.1, -0.05) is 23.7 Å². The van der Waals surface area contributed by atoms with Gasteiger partial charge in [-0.05, 0) is 30.3 Å². The van der Waals surface area contributed by atoms with Gasteiger partial charge in [0, 0.05) is 31.5 Å². The van der Waals surface area contributed by atoms with Gasteiger partial charge < -0.3 is 15.0 Å². The molecule has 29 heavy (non-hydrogen) atoms. The molecule has 3 amide bonds. The van der Waals surface area contributed by atoms with Gasteiger partial charge in [0.1, 0.15) is 5.66 Å². The predicted octanol–water partition coefficient (Wildman–Crippen LogP) is 3.15. The second kappa shape index (κ2) is 7.53. The number of halogens is 2. The summed E-state index contributed by atoms with van der Waals surface area (Å²) < 4.78 is 18.8. The van der Waals surface area contributed by atoms with E-state index >= 15 is 0 Å². The maximum atomic E-state index is 13.9. The summed E-state index contributed by atoms with van der Waals surface area (Å²) in [4.78, 5) is 26.9. The Morgan fingerprint density at radius 3 is 2.59 bits per heavy atom. The molecule has 2 N–H and O–H groups in total. The van der Waals surface area contributed by atoms with Gasteiger partial charge in [-0.3, -0.25) is 4.79 Å². The van der Waals surface area contributed by atoms with E-state index in [0.29, 0.717) is 36.6 Å². The second-order valence-electron chi connectivity index (χ2n) is 7.05. The molecule has 0 saturated carbocycles. The monoisotopic (exact) mass is 418 g/mol. The highest BCUT2D eigenvalue weighted by Crippen LogP contribution is 2.31. The van der Waals surface area contributed by atoms with E-state index in [2.05, 4.69) is 10.7 Å². The third kappa shape index (κ3) is 3.61. The van der Waals surface area contributed by atoms with Crippen LogP contribution in [0, 0.1) is 5.82 Å². The van der Waals surface area contributed by atoms with Gasteiger partial charge in [-0.2, -0.15) is 0 Å². The van der Waals surface area contributed by atoms with Crippen LogP contribution >= 0.6 is 11.6 Å². The summed E-state index contributed by atoms with van der Waals surface area (Å²) in [7, 11) is 1.37. The van der Waals surface area contributed by atoms with E-state index in [4.69, 9.17) is 16.3 Å². The van der Waals surface area contributed by atoms with Crippen molar-refractivity contribution < 1.29 is 18.7 Å². The molecule has 0 aliphatic carbocycles. The topological polar surface area (TPSA) is 73.9 Å². The SMILES string of the molecule is COc1ccc(C(=O)N2CCC3(CC2)NC(=O)N(c2ccccc2Cl)N3)cc1F. The number of hydrogen-bond acceptors (Lipinski definition) is 4. The number of amides is 3. The Morgan fingerprint density at radius 2 is 1.93 bits per heavy atom. The van der Waals surface area contributed by atoms with Gasteiger partial charge in [0.05, 0.1) is 17.8 Å². The minimum atomic E-state index is -0.655. The first-order valence-electron chi connectivity index (χ1n) is 9.20. The zero-order valence-electron chi connectivity index (χ0n) is 15.7. The van der Waals surface area contributed by atoms with E-state index in [-0.39, 0.29) is 23.3 Å². The molecule has 4 rings (SSSR count). The molecule has 2 aromatic carbocycles. The fourth-order valence-corrected chi connectivity index (χ4v) is 3.89. The van der Waals surface area contributed by atoms with Crippen molar-refractivity contribution in [1.29, 1.82) is 0 Å². The van der Waals surface area contributed by atoms with Crippen molar-refractivity contribution >= 4 is 29.2 Å². The van der Waals surface area contributed by atoms with Gasteiger partial charge in [-0.25, -0.2) is 19.6 Å². The van der Waals surface area contributed by atoms with Crippen LogP contribution in [-0.2, 0) is 0 Å². The number of carbonyl (C=O) groups is 2. The number of benzene rings is 2. The molecular weight excluding hydrogens is 399 g/mol. The summed E-state index contributed by atoms with van der Waals surface area (Å²) in [5, 5.41) is 4.83. The number of hydrazine groups is 1. The maximum absolute atomic E-state index is 13.9. The highest BCUT2D eigenvalue weighted by molar-refractivity contribution is 6.33. The summed E-state index contributed by atoms with van der Waals surface area (Å²) in [5.41, 5.74) is 3.39. The quantitative estimate of drug-likeness (QED) is 0.803. The standard InChI is InChI=1S/C20H20ClFN4O3/c1-29-17-7-6-13(12-15(17)22)18(27)25-10-8-20(9-11-25)23-19(28)26(24-20)16-5-3-2-4-14(16)21/h2-7,12,24H,8-11H2,1H3,(H,23,28). The average Bonchev–Trinajstić information content (AvgIpc) is 3.04. The molecule has 0 atom stereocenters. The van der Waals surface area contributed by atoms with E-state index in [1.165, 1.54) is 24.3 Å². The summed E-state index contributed by atoms with van der Waals surface area (Å²) in [6.45, 7) is 0.826. The molecule has 2 aliphatic heterocycles. The van der Waals surface area contributed by atoms with E-state index in [9.17, 15) is 14.0 Å². The third-order valence-electron chi connectivity index (χ3n) is 5.27. The molecule has 0 unspecified atom stereocenters. The average molecular weight is 419 g/mol. The highest BCUT2D eigenvalue weighted by Gasteiger charge is 2.45. The van der Waals surface area contributed by atoms with Crippen molar-refractivity contribution in [1.82, 2.24) is 15.6 Å². The van der Waals surface area contributed by atoms with Gasteiger partial charge in [-0.15, -0.1) is 0 Å². The number of nitrogens with zero attached hydrogens (tertiary/aromatic N) is 2. The molecule has 2 saturated heterocycles.